The molecule has 1 aliphatic rings. The number of amides is 2. The number of anilines is 1. The predicted octanol–water partition coefficient (Wildman–Crippen LogP) is 5.80. The molecule has 138 valence electrons. The van der Waals surface area contributed by atoms with Crippen LogP contribution in [-0.4, -0.2) is 22.5 Å². The topological polar surface area (TPSA) is 45.2 Å². The standard InChI is InChI=1S/C22H23N3OS/c1-15-10-11-18(16(2)13-15)24-22(26)25-12-6-9-19(25)21-23-14-20(27-21)17-7-4-3-5-8-17/h3-5,7-8,10-11,13-14,19H,6,9,12H2,1-2H3,(H,24,26)/t19-/m0/s1. The van der Waals surface area contributed by atoms with Crippen LogP contribution in [0.2, 0.25) is 0 Å². The molecule has 27 heavy (non-hydrogen) atoms. The van der Waals surface area contributed by atoms with Gasteiger partial charge in [-0.25, -0.2) is 9.78 Å². The molecule has 2 heterocycles. The first-order valence-electron chi connectivity index (χ1n) is 9.28. The smallest absolute Gasteiger partial charge is 0.315 e. The molecule has 0 unspecified atom stereocenters. The van der Waals surface area contributed by atoms with E-state index in [1.807, 2.05) is 48.4 Å². The number of benzene rings is 2. The molecule has 0 spiro atoms. The van der Waals surface area contributed by atoms with Gasteiger partial charge in [0.2, 0.25) is 0 Å². The van der Waals surface area contributed by atoms with E-state index in [-0.39, 0.29) is 12.1 Å². The van der Waals surface area contributed by atoms with Gasteiger partial charge in [-0.05, 0) is 43.9 Å². The van der Waals surface area contributed by atoms with E-state index in [0.29, 0.717) is 0 Å². The van der Waals surface area contributed by atoms with Gasteiger partial charge in [0.1, 0.15) is 5.01 Å². The van der Waals surface area contributed by atoms with Crippen molar-refractivity contribution in [3.8, 4) is 10.4 Å². The van der Waals surface area contributed by atoms with Crippen LogP contribution in [0.5, 0.6) is 0 Å². The zero-order valence-electron chi connectivity index (χ0n) is 15.6. The molecule has 3 aromatic rings. The Morgan fingerprint density at radius 2 is 2.00 bits per heavy atom. The normalized spacial score (nSPS) is 16.5. The van der Waals surface area contributed by atoms with E-state index in [4.69, 9.17) is 0 Å². The van der Waals surface area contributed by atoms with Crippen LogP contribution in [0.15, 0.2) is 54.7 Å². The van der Waals surface area contributed by atoms with Gasteiger partial charge in [-0.15, -0.1) is 11.3 Å². The molecule has 1 N–H and O–H groups in total. The Morgan fingerprint density at radius 3 is 2.78 bits per heavy atom. The third kappa shape index (κ3) is 3.74. The minimum absolute atomic E-state index is 0.0408. The van der Waals surface area contributed by atoms with E-state index < -0.39 is 0 Å². The molecular formula is C22H23N3OS. The molecule has 1 fully saturated rings. The molecule has 1 aliphatic heterocycles. The number of hydrogen-bond donors (Lipinski definition) is 1. The average Bonchev–Trinajstić information content (AvgIpc) is 3.33. The Balaban J connectivity index is 1.52. The summed E-state index contributed by atoms with van der Waals surface area (Å²) in [6.45, 7) is 4.85. The van der Waals surface area contributed by atoms with Gasteiger partial charge in [-0.2, -0.15) is 0 Å². The monoisotopic (exact) mass is 377 g/mol. The molecular weight excluding hydrogens is 354 g/mol. The number of likely N-dealkylation sites (tertiary alicyclic amines) is 1. The van der Waals surface area contributed by atoms with Gasteiger partial charge >= 0.3 is 6.03 Å². The summed E-state index contributed by atoms with van der Waals surface area (Å²) >= 11 is 1.68. The van der Waals surface area contributed by atoms with Crippen LogP contribution in [0.3, 0.4) is 0 Å². The van der Waals surface area contributed by atoms with Gasteiger partial charge in [0, 0.05) is 18.4 Å². The number of hydrogen-bond acceptors (Lipinski definition) is 3. The molecule has 0 radical (unpaired) electrons. The number of urea groups is 1. The van der Waals surface area contributed by atoms with Crippen molar-refractivity contribution in [1.82, 2.24) is 9.88 Å². The Labute approximate surface area is 163 Å². The largest absolute Gasteiger partial charge is 0.322 e. The SMILES string of the molecule is Cc1ccc(NC(=O)N2CCC[C@H]2c2ncc(-c3ccccc3)s2)c(C)c1. The van der Waals surface area contributed by atoms with Crippen LogP contribution in [-0.2, 0) is 0 Å². The summed E-state index contributed by atoms with van der Waals surface area (Å²) in [4.78, 5) is 20.6. The molecule has 2 aromatic carbocycles. The number of aryl methyl sites for hydroxylation is 2. The van der Waals surface area contributed by atoms with E-state index in [2.05, 4.69) is 35.4 Å². The Bertz CT molecular complexity index is 951. The van der Waals surface area contributed by atoms with Crippen molar-refractivity contribution in [2.24, 2.45) is 0 Å². The van der Waals surface area contributed by atoms with Crippen molar-refractivity contribution >= 4 is 23.1 Å². The van der Waals surface area contributed by atoms with Crippen LogP contribution < -0.4 is 5.32 Å². The van der Waals surface area contributed by atoms with Gasteiger partial charge in [-0.1, -0.05) is 48.0 Å². The number of carbonyl (C=O) groups is 1. The van der Waals surface area contributed by atoms with Crippen molar-refractivity contribution in [2.45, 2.75) is 32.7 Å². The zero-order valence-corrected chi connectivity index (χ0v) is 16.4. The van der Waals surface area contributed by atoms with Gasteiger partial charge in [0.25, 0.3) is 0 Å². The Hall–Kier alpha value is -2.66. The molecule has 1 atom stereocenters. The maximum Gasteiger partial charge on any atom is 0.322 e. The van der Waals surface area contributed by atoms with Gasteiger partial charge in [0.15, 0.2) is 0 Å². The van der Waals surface area contributed by atoms with Crippen molar-refractivity contribution in [3.05, 3.63) is 70.9 Å². The van der Waals surface area contributed by atoms with Crippen LogP contribution >= 0.6 is 11.3 Å². The number of nitrogens with one attached hydrogen (secondary N) is 1. The van der Waals surface area contributed by atoms with E-state index in [1.54, 1.807) is 11.3 Å². The highest BCUT2D eigenvalue weighted by atomic mass is 32.1. The summed E-state index contributed by atoms with van der Waals surface area (Å²) < 4.78 is 0. The maximum absolute atomic E-state index is 12.9. The lowest BCUT2D eigenvalue weighted by Crippen LogP contribution is -2.34. The summed E-state index contributed by atoms with van der Waals surface area (Å²) in [5.74, 6) is 0. The minimum Gasteiger partial charge on any atom is -0.315 e. The molecule has 1 saturated heterocycles. The van der Waals surface area contributed by atoms with E-state index >= 15 is 0 Å². The first-order chi connectivity index (χ1) is 13.1. The second-order valence-corrected chi connectivity index (χ2v) is 8.09. The van der Waals surface area contributed by atoms with Gasteiger partial charge in [-0.3, -0.25) is 0 Å². The summed E-state index contributed by atoms with van der Waals surface area (Å²) in [7, 11) is 0. The fourth-order valence-corrected chi connectivity index (χ4v) is 4.66. The number of carbonyl (C=O) groups excluding carboxylic acids is 1. The second-order valence-electron chi connectivity index (χ2n) is 7.03. The summed E-state index contributed by atoms with van der Waals surface area (Å²) in [6, 6.07) is 16.4. The van der Waals surface area contributed by atoms with Gasteiger partial charge in [0.05, 0.1) is 10.9 Å². The predicted molar refractivity (Wildman–Crippen MR) is 111 cm³/mol. The van der Waals surface area contributed by atoms with Crippen LogP contribution in [0.25, 0.3) is 10.4 Å². The lowest BCUT2D eigenvalue weighted by Gasteiger charge is -2.24. The van der Waals surface area contributed by atoms with Crippen LogP contribution in [0.4, 0.5) is 10.5 Å². The lowest BCUT2D eigenvalue weighted by atomic mass is 10.1. The molecule has 5 heteroatoms. The first-order valence-corrected chi connectivity index (χ1v) is 10.1. The van der Waals surface area contributed by atoms with Gasteiger partial charge < -0.3 is 10.2 Å². The minimum atomic E-state index is -0.0408. The van der Waals surface area contributed by atoms with Crippen molar-refractivity contribution < 1.29 is 4.79 Å². The molecule has 0 bridgehead atoms. The highest BCUT2D eigenvalue weighted by Gasteiger charge is 2.32. The Morgan fingerprint density at radius 1 is 1.19 bits per heavy atom. The highest BCUT2D eigenvalue weighted by Crippen LogP contribution is 2.37. The molecule has 1 aromatic heterocycles. The quantitative estimate of drug-likeness (QED) is 0.627. The summed E-state index contributed by atoms with van der Waals surface area (Å²) in [5.41, 5.74) is 4.33. The van der Waals surface area contributed by atoms with Crippen molar-refractivity contribution in [3.63, 3.8) is 0 Å². The lowest BCUT2D eigenvalue weighted by molar-refractivity contribution is 0.207. The van der Waals surface area contributed by atoms with Crippen molar-refractivity contribution in [1.29, 1.82) is 0 Å². The van der Waals surface area contributed by atoms with E-state index in [9.17, 15) is 4.79 Å². The molecule has 2 amide bonds. The third-order valence-electron chi connectivity index (χ3n) is 5.00. The van der Waals surface area contributed by atoms with Crippen LogP contribution in [0.1, 0.15) is 35.0 Å². The Kier molecular flexibility index (Phi) is 4.94. The molecule has 4 rings (SSSR count). The van der Waals surface area contributed by atoms with Crippen LogP contribution in [0, 0.1) is 13.8 Å². The number of thiazole rings is 1. The number of nitrogens with zero attached hydrogens (tertiary/aromatic N) is 2. The number of aromatic nitrogens is 1. The van der Waals surface area contributed by atoms with E-state index in [0.717, 1.165) is 40.5 Å². The first kappa shape index (κ1) is 17.7. The number of rotatable bonds is 3. The molecule has 4 nitrogen and oxygen atoms in total. The fourth-order valence-electron chi connectivity index (χ4n) is 3.58. The fraction of sp³-hybridized carbons (Fsp3) is 0.273. The third-order valence-corrected chi connectivity index (χ3v) is 6.15. The van der Waals surface area contributed by atoms with Crippen molar-refractivity contribution in [2.75, 3.05) is 11.9 Å². The zero-order chi connectivity index (χ0) is 18.8. The summed E-state index contributed by atoms with van der Waals surface area (Å²) in [6.07, 6.45) is 3.89. The summed E-state index contributed by atoms with van der Waals surface area (Å²) in [5, 5.41) is 4.10. The maximum atomic E-state index is 12.9. The van der Waals surface area contributed by atoms with E-state index in [1.165, 1.54) is 11.1 Å². The molecule has 0 aliphatic carbocycles. The average molecular weight is 378 g/mol. The highest BCUT2D eigenvalue weighted by molar-refractivity contribution is 7.15. The molecule has 0 saturated carbocycles. The second kappa shape index (κ2) is 7.53.